The molecule has 1 aliphatic heterocycles. The van der Waals surface area contributed by atoms with E-state index in [0.29, 0.717) is 23.9 Å². The number of rotatable bonds is 7. The van der Waals surface area contributed by atoms with Crippen LogP contribution in [0.15, 0.2) is 30.6 Å². The van der Waals surface area contributed by atoms with Crippen LogP contribution in [0.2, 0.25) is 0 Å². The van der Waals surface area contributed by atoms with Gasteiger partial charge < -0.3 is 10.2 Å². The van der Waals surface area contributed by atoms with Gasteiger partial charge in [0.05, 0.1) is 5.56 Å². The van der Waals surface area contributed by atoms with Gasteiger partial charge in [0.1, 0.15) is 6.33 Å². The molecule has 0 amide bonds. The van der Waals surface area contributed by atoms with Gasteiger partial charge in [-0.2, -0.15) is 17.6 Å². The van der Waals surface area contributed by atoms with Crippen LogP contribution in [-0.4, -0.2) is 45.7 Å². The van der Waals surface area contributed by atoms with Crippen LogP contribution in [0.3, 0.4) is 0 Å². The summed E-state index contributed by atoms with van der Waals surface area (Å²) in [6.45, 7) is 2.36. The molecule has 5 rings (SSSR count). The molecule has 2 saturated carbocycles. The predicted octanol–water partition coefficient (Wildman–Crippen LogP) is 5.20. The highest BCUT2D eigenvalue weighted by atomic mass is 32.2. The third-order valence-corrected chi connectivity index (χ3v) is 7.88. The van der Waals surface area contributed by atoms with Crippen molar-refractivity contribution in [1.82, 2.24) is 14.3 Å². The molecule has 33 heavy (non-hydrogen) atoms. The molecule has 1 aromatic heterocycles. The van der Waals surface area contributed by atoms with Gasteiger partial charge in [0.2, 0.25) is 5.82 Å². The molecular weight excluding hydrogens is 454 g/mol. The molecule has 10 heteroatoms. The van der Waals surface area contributed by atoms with Gasteiger partial charge in [-0.3, -0.25) is 4.31 Å². The maximum atomic E-state index is 15.6. The van der Waals surface area contributed by atoms with E-state index in [1.54, 1.807) is 11.9 Å². The fourth-order valence-electron chi connectivity index (χ4n) is 5.15. The first-order valence-electron chi connectivity index (χ1n) is 11.3. The van der Waals surface area contributed by atoms with Crippen molar-refractivity contribution in [2.24, 2.45) is 11.8 Å². The van der Waals surface area contributed by atoms with Crippen molar-refractivity contribution < 1.29 is 17.6 Å². The molecule has 2 heterocycles. The van der Waals surface area contributed by atoms with Gasteiger partial charge in [-0.15, -0.1) is 0 Å². The van der Waals surface area contributed by atoms with Crippen LogP contribution in [-0.2, 0) is 12.7 Å². The van der Waals surface area contributed by atoms with Crippen LogP contribution in [0.4, 0.5) is 29.2 Å². The lowest BCUT2D eigenvalue weighted by molar-refractivity contribution is -0.137. The van der Waals surface area contributed by atoms with Gasteiger partial charge >= 0.3 is 6.18 Å². The summed E-state index contributed by atoms with van der Waals surface area (Å²) in [5, 5.41) is 3.35. The molecule has 3 fully saturated rings. The van der Waals surface area contributed by atoms with Crippen molar-refractivity contribution >= 4 is 23.6 Å². The van der Waals surface area contributed by atoms with Crippen molar-refractivity contribution in [3.05, 3.63) is 47.5 Å². The first-order chi connectivity index (χ1) is 15.8. The monoisotopic (exact) mass is 481 g/mol. The van der Waals surface area contributed by atoms with Gasteiger partial charge in [0.15, 0.2) is 11.6 Å². The largest absolute Gasteiger partial charge is 0.416 e. The highest BCUT2D eigenvalue weighted by Gasteiger charge is 2.43. The molecule has 0 bridgehead atoms. The molecule has 1 saturated heterocycles. The van der Waals surface area contributed by atoms with Gasteiger partial charge in [0, 0.05) is 31.7 Å². The number of fused-ring (bicyclic) bond motifs is 1. The van der Waals surface area contributed by atoms with Crippen molar-refractivity contribution in [2.75, 3.05) is 29.6 Å². The summed E-state index contributed by atoms with van der Waals surface area (Å²) in [5.74, 6) is 1.04. The molecule has 2 aromatic rings. The molecule has 1 N–H and O–H groups in total. The topological polar surface area (TPSA) is 44.3 Å². The van der Waals surface area contributed by atoms with Crippen LogP contribution in [0, 0.1) is 17.7 Å². The number of alkyl halides is 3. The van der Waals surface area contributed by atoms with Crippen LogP contribution in [0.5, 0.6) is 0 Å². The standard InChI is InChI=1S/C23H27F4N5S/c1-33-31-11-15-4-9-19(18(15)12-31)30-21-20(24)22(29-13-28-21)32(17-7-8-17)10-14-2-5-16(6-3-14)23(25,26)27/h2-3,5-6,13,15,17-19H,4,7-12H2,1H3,(H,28,29,30). The third kappa shape index (κ3) is 4.77. The van der Waals surface area contributed by atoms with Crippen LogP contribution >= 0.6 is 11.9 Å². The van der Waals surface area contributed by atoms with E-state index in [2.05, 4.69) is 25.8 Å². The number of nitrogens with one attached hydrogen (secondary N) is 1. The summed E-state index contributed by atoms with van der Waals surface area (Å²) in [5.41, 5.74) is -0.00471. The fourth-order valence-corrected chi connectivity index (χ4v) is 5.81. The van der Waals surface area contributed by atoms with Crippen molar-refractivity contribution in [2.45, 2.75) is 50.5 Å². The lowest BCUT2D eigenvalue weighted by Crippen LogP contribution is -2.31. The van der Waals surface area contributed by atoms with Crippen LogP contribution in [0.25, 0.3) is 0 Å². The maximum Gasteiger partial charge on any atom is 0.416 e. The summed E-state index contributed by atoms with van der Waals surface area (Å²) in [6, 6.07) is 5.35. The minimum absolute atomic E-state index is 0.130. The molecule has 1 aromatic carbocycles. The average Bonchev–Trinajstić information content (AvgIpc) is 3.44. The summed E-state index contributed by atoms with van der Waals surface area (Å²) >= 11 is 1.76. The molecule has 0 spiro atoms. The third-order valence-electron chi connectivity index (χ3n) is 7.07. The molecule has 3 aliphatic rings. The summed E-state index contributed by atoms with van der Waals surface area (Å²) < 4.78 is 56.6. The minimum atomic E-state index is -4.38. The van der Waals surface area contributed by atoms with E-state index in [4.69, 9.17) is 0 Å². The molecule has 0 radical (unpaired) electrons. The summed E-state index contributed by atoms with van der Waals surface area (Å²) in [6.07, 6.45) is 3.02. The second-order valence-corrected chi connectivity index (χ2v) is 10.1. The summed E-state index contributed by atoms with van der Waals surface area (Å²) in [7, 11) is 0. The second-order valence-electron chi connectivity index (χ2n) is 9.20. The number of hydrogen-bond acceptors (Lipinski definition) is 6. The lowest BCUT2D eigenvalue weighted by atomic mass is 9.98. The Labute approximate surface area is 195 Å². The highest BCUT2D eigenvalue weighted by molar-refractivity contribution is 7.96. The Morgan fingerprint density at radius 2 is 1.85 bits per heavy atom. The van der Waals surface area contributed by atoms with E-state index in [1.165, 1.54) is 18.5 Å². The van der Waals surface area contributed by atoms with E-state index in [0.717, 1.165) is 50.9 Å². The number of nitrogens with zero attached hydrogens (tertiary/aromatic N) is 4. The van der Waals surface area contributed by atoms with E-state index < -0.39 is 17.6 Å². The van der Waals surface area contributed by atoms with Crippen LogP contribution < -0.4 is 10.2 Å². The van der Waals surface area contributed by atoms with Crippen molar-refractivity contribution in [3.63, 3.8) is 0 Å². The van der Waals surface area contributed by atoms with Gasteiger partial charge in [-0.25, -0.2) is 9.97 Å². The zero-order valence-electron chi connectivity index (χ0n) is 18.4. The molecule has 3 atom stereocenters. The number of benzene rings is 1. The molecule has 3 unspecified atom stereocenters. The summed E-state index contributed by atoms with van der Waals surface area (Å²) in [4.78, 5) is 10.3. The molecule has 5 nitrogen and oxygen atoms in total. The fraction of sp³-hybridized carbons (Fsp3) is 0.565. The molecule has 2 aliphatic carbocycles. The Morgan fingerprint density at radius 1 is 1.09 bits per heavy atom. The van der Waals surface area contributed by atoms with Crippen molar-refractivity contribution in [3.8, 4) is 0 Å². The first-order valence-corrected chi connectivity index (χ1v) is 12.5. The Kier molecular flexibility index (Phi) is 6.15. The maximum absolute atomic E-state index is 15.6. The number of hydrogen-bond donors (Lipinski definition) is 1. The first kappa shape index (κ1) is 22.7. The second kappa shape index (κ2) is 8.94. The number of anilines is 2. The number of halogens is 4. The smallest absolute Gasteiger partial charge is 0.364 e. The van der Waals surface area contributed by atoms with E-state index in [-0.39, 0.29) is 23.7 Å². The van der Waals surface area contributed by atoms with Gasteiger partial charge in [0.25, 0.3) is 0 Å². The Bertz CT molecular complexity index is 982. The SMILES string of the molecule is CSN1CC2CCC(Nc3ncnc(N(Cc4ccc(C(F)(F)F)cc4)C4CC4)c3F)C2C1. The zero-order chi connectivity index (χ0) is 23.2. The minimum Gasteiger partial charge on any atom is -0.364 e. The Hall–Kier alpha value is -2.07. The normalized spacial score (nSPS) is 25.3. The van der Waals surface area contributed by atoms with E-state index in [1.807, 2.05) is 4.90 Å². The van der Waals surface area contributed by atoms with E-state index in [9.17, 15) is 13.2 Å². The zero-order valence-corrected chi connectivity index (χ0v) is 19.2. The van der Waals surface area contributed by atoms with Gasteiger partial charge in [-0.1, -0.05) is 24.1 Å². The predicted molar refractivity (Wildman–Crippen MR) is 121 cm³/mol. The highest BCUT2D eigenvalue weighted by Crippen LogP contribution is 2.42. The van der Waals surface area contributed by atoms with Crippen LogP contribution in [0.1, 0.15) is 36.8 Å². The lowest BCUT2D eigenvalue weighted by Gasteiger charge is -2.26. The van der Waals surface area contributed by atoms with Crippen molar-refractivity contribution in [1.29, 1.82) is 0 Å². The average molecular weight is 482 g/mol. The quantitative estimate of drug-likeness (QED) is 0.433. The Morgan fingerprint density at radius 3 is 2.52 bits per heavy atom. The molecule has 178 valence electrons. The van der Waals surface area contributed by atoms with E-state index >= 15 is 4.39 Å². The van der Waals surface area contributed by atoms with Gasteiger partial charge in [-0.05, 0) is 61.5 Å². The Balaban J connectivity index is 1.33. The molecular formula is C23H27F4N5S. The number of aromatic nitrogens is 2.